The van der Waals surface area contributed by atoms with Crippen LogP contribution in [0.25, 0.3) is 22.2 Å². The van der Waals surface area contributed by atoms with Crippen LogP contribution in [0.3, 0.4) is 0 Å². The third-order valence-corrected chi connectivity index (χ3v) is 5.08. The summed E-state index contributed by atoms with van der Waals surface area (Å²) in [5.41, 5.74) is 3.22. The van der Waals surface area contributed by atoms with Crippen LogP contribution in [0, 0.1) is 0 Å². The summed E-state index contributed by atoms with van der Waals surface area (Å²) in [7, 11) is 0. The molecule has 0 unspecified atom stereocenters. The van der Waals surface area contributed by atoms with E-state index in [0.29, 0.717) is 12.1 Å². The second-order valence-electron chi connectivity index (χ2n) is 7.01. The van der Waals surface area contributed by atoms with Gasteiger partial charge in [0.25, 0.3) is 5.91 Å². The second kappa shape index (κ2) is 11.8. The third-order valence-electron chi connectivity index (χ3n) is 5.08. The van der Waals surface area contributed by atoms with Crippen LogP contribution >= 0.6 is 24.8 Å². The van der Waals surface area contributed by atoms with Crippen LogP contribution in [0.4, 0.5) is 0 Å². The van der Waals surface area contributed by atoms with E-state index in [1.165, 1.54) is 0 Å². The first-order valence-electron chi connectivity index (χ1n) is 9.83. The van der Waals surface area contributed by atoms with Crippen LogP contribution in [0.5, 0.6) is 0 Å². The highest BCUT2D eigenvalue weighted by atomic mass is 35.5. The number of aromatic nitrogens is 2. The first-order valence-corrected chi connectivity index (χ1v) is 9.83. The van der Waals surface area contributed by atoms with Crippen LogP contribution in [-0.2, 0) is 0 Å². The molecule has 1 aliphatic heterocycles. The predicted molar refractivity (Wildman–Crippen MR) is 126 cm³/mol. The van der Waals surface area contributed by atoms with Gasteiger partial charge in [-0.3, -0.25) is 9.78 Å². The molecular formula is C22H27Cl2N5O. The van der Waals surface area contributed by atoms with Gasteiger partial charge in [0, 0.05) is 56.1 Å². The number of piperazine rings is 1. The minimum Gasteiger partial charge on any atom is -0.352 e. The van der Waals surface area contributed by atoms with E-state index < -0.39 is 0 Å². The van der Waals surface area contributed by atoms with E-state index in [1.807, 2.05) is 42.5 Å². The molecule has 0 atom stereocenters. The lowest BCUT2D eigenvalue weighted by Gasteiger charge is -2.27. The van der Waals surface area contributed by atoms with Gasteiger partial charge in [0.1, 0.15) is 0 Å². The highest BCUT2D eigenvalue weighted by Gasteiger charge is 2.14. The molecule has 1 amide bonds. The van der Waals surface area contributed by atoms with Gasteiger partial charge in [-0.1, -0.05) is 18.2 Å². The maximum Gasteiger partial charge on any atom is 0.252 e. The Balaban J connectivity index is 0.00000160. The van der Waals surface area contributed by atoms with Gasteiger partial charge < -0.3 is 15.5 Å². The summed E-state index contributed by atoms with van der Waals surface area (Å²) < 4.78 is 0. The topological polar surface area (TPSA) is 70.2 Å². The Labute approximate surface area is 189 Å². The molecule has 0 radical (unpaired) electrons. The number of rotatable bonds is 6. The fraction of sp³-hybridized carbons (Fsp3) is 0.318. The number of nitrogens with zero attached hydrogens (tertiary/aromatic N) is 3. The zero-order valence-electron chi connectivity index (χ0n) is 16.7. The molecule has 1 aliphatic rings. The SMILES string of the molecule is Cl.Cl.O=C(NCCCN1CCNCC1)c1cc(-c2ccncc2)nc2ccccc12. The summed E-state index contributed by atoms with van der Waals surface area (Å²) in [5, 5.41) is 7.32. The highest BCUT2D eigenvalue weighted by Crippen LogP contribution is 2.24. The van der Waals surface area contributed by atoms with E-state index in [2.05, 4.69) is 20.5 Å². The fourth-order valence-electron chi connectivity index (χ4n) is 3.57. The average molecular weight is 448 g/mol. The molecule has 1 aromatic carbocycles. The molecule has 3 aromatic rings. The zero-order valence-corrected chi connectivity index (χ0v) is 18.3. The maximum atomic E-state index is 12.9. The summed E-state index contributed by atoms with van der Waals surface area (Å²) in [6, 6.07) is 13.5. The Hall–Kier alpha value is -2.25. The summed E-state index contributed by atoms with van der Waals surface area (Å²) in [5.74, 6) is -0.0470. The number of nitrogens with one attached hydrogen (secondary N) is 2. The molecule has 0 saturated carbocycles. The Morgan fingerprint density at radius 2 is 1.80 bits per heavy atom. The van der Waals surface area contributed by atoms with Gasteiger partial charge in [-0.05, 0) is 37.2 Å². The smallest absolute Gasteiger partial charge is 0.252 e. The monoisotopic (exact) mass is 447 g/mol. The van der Waals surface area contributed by atoms with Gasteiger partial charge in [0.05, 0.1) is 16.8 Å². The van der Waals surface area contributed by atoms with E-state index in [4.69, 9.17) is 4.98 Å². The van der Waals surface area contributed by atoms with Crippen LogP contribution in [-0.4, -0.2) is 60.0 Å². The molecule has 1 fully saturated rings. The van der Waals surface area contributed by atoms with Gasteiger partial charge in [-0.15, -0.1) is 24.8 Å². The van der Waals surface area contributed by atoms with Crippen molar-refractivity contribution in [2.45, 2.75) is 6.42 Å². The second-order valence-corrected chi connectivity index (χ2v) is 7.01. The Bertz CT molecular complexity index is 949. The highest BCUT2D eigenvalue weighted by molar-refractivity contribution is 6.07. The number of pyridine rings is 2. The number of fused-ring (bicyclic) bond motifs is 1. The Kier molecular flexibility index (Phi) is 9.46. The molecular weight excluding hydrogens is 421 g/mol. The lowest BCUT2D eigenvalue weighted by molar-refractivity contribution is 0.0953. The summed E-state index contributed by atoms with van der Waals surface area (Å²) in [6.07, 6.45) is 4.43. The van der Waals surface area contributed by atoms with Crippen molar-refractivity contribution in [3.8, 4) is 11.3 Å². The van der Waals surface area contributed by atoms with Gasteiger partial charge in [0.15, 0.2) is 0 Å². The molecule has 6 nitrogen and oxygen atoms in total. The van der Waals surface area contributed by atoms with Crippen molar-refractivity contribution in [1.82, 2.24) is 25.5 Å². The normalized spacial score (nSPS) is 13.9. The van der Waals surface area contributed by atoms with E-state index in [0.717, 1.165) is 61.3 Å². The number of carbonyl (C=O) groups is 1. The number of halogens is 2. The average Bonchev–Trinajstić information content (AvgIpc) is 2.77. The van der Waals surface area contributed by atoms with Gasteiger partial charge in [-0.2, -0.15) is 0 Å². The maximum absolute atomic E-state index is 12.9. The lowest BCUT2D eigenvalue weighted by Crippen LogP contribution is -2.44. The fourth-order valence-corrected chi connectivity index (χ4v) is 3.57. The standard InChI is InChI=1S/C22H25N5O.2ClH/c28-22(25-8-3-13-27-14-11-24-12-15-27)19-16-21(17-6-9-23-10-7-17)26-20-5-2-1-4-18(19)20;;/h1-2,4-7,9-10,16,24H,3,8,11-15H2,(H,25,28);2*1H. The van der Waals surface area contributed by atoms with Crippen LogP contribution in [0.1, 0.15) is 16.8 Å². The Morgan fingerprint density at radius 3 is 2.57 bits per heavy atom. The predicted octanol–water partition coefficient (Wildman–Crippen LogP) is 3.17. The van der Waals surface area contributed by atoms with Crippen LogP contribution < -0.4 is 10.6 Å². The lowest BCUT2D eigenvalue weighted by atomic mass is 10.0. The van der Waals surface area contributed by atoms with Crippen LogP contribution in [0.15, 0.2) is 54.9 Å². The number of amides is 1. The first-order chi connectivity index (χ1) is 13.8. The van der Waals surface area contributed by atoms with Gasteiger partial charge >= 0.3 is 0 Å². The van der Waals surface area contributed by atoms with Crippen LogP contribution in [0.2, 0.25) is 0 Å². The molecule has 160 valence electrons. The van der Waals surface area contributed by atoms with Gasteiger partial charge in [0.2, 0.25) is 0 Å². The van der Waals surface area contributed by atoms with Crippen molar-refractivity contribution in [2.24, 2.45) is 0 Å². The number of carbonyl (C=O) groups excluding carboxylic acids is 1. The van der Waals surface area contributed by atoms with Crippen molar-refractivity contribution in [1.29, 1.82) is 0 Å². The number of hydrogen-bond acceptors (Lipinski definition) is 5. The minimum absolute atomic E-state index is 0. The summed E-state index contributed by atoms with van der Waals surface area (Å²) >= 11 is 0. The largest absolute Gasteiger partial charge is 0.352 e. The quantitative estimate of drug-likeness (QED) is 0.567. The number of para-hydroxylation sites is 1. The molecule has 2 aromatic heterocycles. The summed E-state index contributed by atoms with van der Waals surface area (Å²) in [6.45, 7) is 5.95. The van der Waals surface area contributed by atoms with Gasteiger partial charge in [-0.25, -0.2) is 4.98 Å². The third kappa shape index (κ3) is 5.89. The van der Waals surface area contributed by atoms with E-state index in [1.54, 1.807) is 12.4 Å². The molecule has 0 bridgehead atoms. The van der Waals surface area contributed by atoms with E-state index in [9.17, 15) is 4.79 Å². The van der Waals surface area contributed by atoms with Crippen molar-refractivity contribution < 1.29 is 4.79 Å². The Morgan fingerprint density at radius 1 is 1.07 bits per heavy atom. The minimum atomic E-state index is -0.0470. The molecule has 30 heavy (non-hydrogen) atoms. The molecule has 0 spiro atoms. The van der Waals surface area contributed by atoms with Crippen molar-refractivity contribution in [3.63, 3.8) is 0 Å². The van der Waals surface area contributed by atoms with Crippen molar-refractivity contribution >= 4 is 41.6 Å². The van der Waals surface area contributed by atoms with Crippen molar-refractivity contribution in [3.05, 3.63) is 60.4 Å². The first kappa shape index (κ1) is 24.0. The molecule has 8 heteroatoms. The van der Waals surface area contributed by atoms with E-state index >= 15 is 0 Å². The van der Waals surface area contributed by atoms with E-state index in [-0.39, 0.29) is 30.7 Å². The summed E-state index contributed by atoms with van der Waals surface area (Å²) in [4.78, 5) is 24.1. The zero-order chi connectivity index (χ0) is 19.2. The molecule has 3 heterocycles. The number of benzene rings is 1. The molecule has 2 N–H and O–H groups in total. The number of hydrogen-bond donors (Lipinski definition) is 2. The molecule has 0 aliphatic carbocycles. The van der Waals surface area contributed by atoms with Crippen molar-refractivity contribution in [2.75, 3.05) is 39.3 Å². The molecule has 4 rings (SSSR count). The molecule has 1 saturated heterocycles.